The van der Waals surface area contributed by atoms with Crippen molar-refractivity contribution in [2.75, 3.05) is 39.3 Å². The van der Waals surface area contributed by atoms with Crippen LogP contribution in [-0.4, -0.2) is 39.3 Å². The van der Waals surface area contributed by atoms with E-state index in [2.05, 4.69) is 10.6 Å². The Morgan fingerprint density at radius 1 is 0.714 bits per heavy atom. The van der Waals surface area contributed by atoms with Crippen LogP contribution in [0.2, 0.25) is 0 Å². The largest absolute Gasteiger partial charge is 3.00 e. The van der Waals surface area contributed by atoms with Crippen LogP contribution in [0.5, 0.6) is 0 Å². The summed E-state index contributed by atoms with van der Waals surface area (Å²) in [6.45, 7) is 5.75. The molecule has 1 saturated heterocycles. The van der Waals surface area contributed by atoms with Gasteiger partial charge in [-0.1, -0.05) is 0 Å². The van der Waals surface area contributed by atoms with E-state index in [1.54, 1.807) is 0 Å². The van der Waals surface area contributed by atoms with E-state index >= 15 is 0 Å². The fraction of sp³-hybridized carbons (Fsp3) is 1.00. The number of nitrogens with one attached hydrogen (secondary N) is 2. The molecule has 1 radical (unpaired) electrons. The summed E-state index contributed by atoms with van der Waals surface area (Å²) in [4.78, 5) is 0. The third kappa shape index (κ3) is 29.2. The molecule has 0 atom stereocenters. The van der Waals surface area contributed by atoms with E-state index in [1.165, 1.54) is 0 Å². The molecule has 1 heterocycles. The van der Waals surface area contributed by atoms with E-state index in [1.807, 2.05) is 0 Å². The first-order valence-electron chi connectivity index (χ1n) is 3.73. The van der Waals surface area contributed by atoms with Crippen LogP contribution in [-0.2, 0) is 17.4 Å². The van der Waals surface area contributed by atoms with Gasteiger partial charge in [0.2, 0.25) is 0 Å². The molecule has 0 unspecified atom stereocenters. The van der Waals surface area contributed by atoms with Crippen LogP contribution >= 0.6 is 0 Å². The summed E-state index contributed by atoms with van der Waals surface area (Å²) in [5, 5.41) is 6.44. The molecule has 0 aromatic carbocycles. The third-order valence-electron chi connectivity index (χ3n) is 1.12. The molecular formula is C6H18Br3CrN4. The Balaban J connectivity index is -0.0000000315. The van der Waals surface area contributed by atoms with Gasteiger partial charge in [-0.3, -0.25) is 0 Å². The second-order valence-corrected chi connectivity index (χ2v) is 2.08. The molecule has 1 rings (SSSR count). The van der Waals surface area contributed by atoms with Gasteiger partial charge in [-0.25, -0.2) is 0 Å². The maximum atomic E-state index is 4.90. The van der Waals surface area contributed by atoms with Gasteiger partial charge in [0, 0.05) is 39.3 Å². The zero-order valence-corrected chi connectivity index (χ0v) is 14.0. The molecule has 4 nitrogen and oxygen atoms in total. The van der Waals surface area contributed by atoms with Gasteiger partial charge in [-0.05, 0) is 0 Å². The van der Waals surface area contributed by atoms with Crippen LogP contribution in [0.3, 0.4) is 0 Å². The number of rotatable bonds is 1. The SMILES string of the molecule is C1CNCCN1.NCCN.[Br-].[Br-].[Br-].[Cr+3]. The number of halogens is 3. The first-order chi connectivity index (χ1) is 4.91. The second-order valence-electron chi connectivity index (χ2n) is 2.08. The summed E-state index contributed by atoms with van der Waals surface area (Å²) in [7, 11) is 0. The van der Waals surface area contributed by atoms with Crippen LogP contribution < -0.4 is 73.0 Å². The quantitative estimate of drug-likeness (QED) is 0.329. The van der Waals surface area contributed by atoms with Crippen LogP contribution in [0.25, 0.3) is 0 Å². The molecule has 1 aliphatic rings. The van der Waals surface area contributed by atoms with Crippen molar-refractivity contribution in [3.05, 3.63) is 0 Å². The van der Waals surface area contributed by atoms with Crippen molar-refractivity contribution in [3.8, 4) is 0 Å². The molecule has 1 fully saturated rings. The van der Waals surface area contributed by atoms with Crippen molar-refractivity contribution in [2.45, 2.75) is 0 Å². The van der Waals surface area contributed by atoms with Gasteiger partial charge in [0.1, 0.15) is 0 Å². The Labute approximate surface area is 129 Å². The van der Waals surface area contributed by atoms with Gasteiger partial charge in [-0.15, -0.1) is 0 Å². The molecule has 0 aromatic rings. The molecular weight excluding hydrogens is 420 g/mol. The zero-order valence-electron chi connectivity index (χ0n) is 7.94. The summed E-state index contributed by atoms with van der Waals surface area (Å²) < 4.78 is 0. The molecule has 6 N–H and O–H groups in total. The summed E-state index contributed by atoms with van der Waals surface area (Å²) in [6.07, 6.45) is 0. The standard InChI is InChI=1S/C4H10N2.C2H8N2.3BrH.Cr/c1-2-6-4-3-5-1;3-1-2-4;;;;/h5-6H,1-4H2;1-4H2;3*1H;/q;;;;;+3/p-3. The van der Waals surface area contributed by atoms with Crippen LogP contribution in [0, 0.1) is 0 Å². The molecule has 8 heteroatoms. The number of nitrogens with two attached hydrogens (primary N) is 2. The molecule has 1 aliphatic heterocycles. The number of hydrogen-bond acceptors (Lipinski definition) is 4. The third-order valence-corrected chi connectivity index (χ3v) is 1.12. The molecule has 14 heavy (non-hydrogen) atoms. The minimum atomic E-state index is 0. The second kappa shape index (κ2) is 29.4. The predicted molar refractivity (Wildman–Crippen MR) is 43.8 cm³/mol. The van der Waals surface area contributed by atoms with Gasteiger partial charge >= 0.3 is 17.4 Å². The van der Waals surface area contributed by atoms with Crippen molar-refractivity contribution in [1.29, 1.82) is 0 Å². The Bertz CT molecular complexity index is 55.5. The van der Waals surface area contributed by atoms with Gasteiger partial charge in [0.15, 0.2) is 0 Å². The van der Waals surface area contributed by atoms with Crippen LogP contribution in [0.15, 0.2) is 0 Å². The summed E-state index contributed by atoms with van der Waals surface area (Å²) >= 11 is 0. The molecule has 0 aromatic heterocycles. The Kier molecular flexibility index (Phi) is 62.2. The molecule has 89 valence electrons. The van der Waals surface area contributed by atoms with E-state index in [-0.39, 0.29) is 68.3 Å². The van der Waals surface area contributed by atoms with Gasteiger partial charge in [0.25, 0.3) is 0 Å². The molecule has 0 amide bonds. The monoisotopic (exact) mass is 435 g/mol. The Morgan fingerprint density at radius 2 is 0.929 bits per heavy atom. The molecule has 0 bridgehead atoms. The maximum absolute atomic E-state index is 4.90. The number of hydrogen-bond donors (Lipinski definition) is 4. The number of piperazine rings is 1. The van der Waals surface area contributed by atoms with Gasteiger partial charge in [-0.2, -0.15) is 0 Å². The summed E-state index contributed by atoms with van der Waals surface area (Å²) in [5.41, 5.74) is 9.81. The van der Waals surface area contributed by atoms with Crippen molar-refractivity contribution in [2.24, 2.45) is 11.5 Å². The van der Waals surface area contributed by atoms with Crippen molar-refractivity contribution in [3.63, 3.8) is 0 Å². The maximum Gasteiger partial charge on any atom is 3.00 e. The Morgan fingerprint density at radius 3 is 1.00 bits per heavy atom. The summed E-state index contributed by atoms with van der Waals surface area (Å²) in [5.74, 6) is 0. The first kappa shape index (κ1) is 29.7. The Hall–Kier alpha value is 1.81. The molecule has 0 spiro atoms. The minimum absolute atomic E-state index is 0. The van der Waals surface area contributed by atoms with Crippen molar-refractivity contribution < 1.29 is 68.3 Å². The smallest absolute Gasteiger partial charge is 1.00 e. The molecule has 0 aliphatic carbocycles. The van der Waals surface area contributed by atoms with Crippen molar-refractivity contribution in [1.82, 2.24) is 10.6 Å². The van der Waals surface area contributed by atoms with E-state index < -0.39 is 0 Å². The summed E-state index contributed by atoms with van der Waals surface area (Å²) in [6, 6.07) is 0. The van der Waals surface area contributed by atoms with E-state index in [4.69, 9.17) is 11.5 Å². The van der Waals surface area contributed by atoms with E-state index in [0.717, 1.165) is 26.2 Å². The average Bonchev–Trinajstić information content (AvgIpc) is 2.08. The first-order valence-corrected chi connectivity index (χ1v) is 3.73. The van der Waals surface area contributed by atoms with Crippen LogP contribution in [0.1, 0.15) is 0 Å². The average molecular weight is 438 g/mol. The predicted octanol–water partition coefficient (Wildman–Crippen LogP) is -10.9. The fourth-order valence-corrected chi connectivity index (χ4v) is 0.604. The van der Waals surface area contributed by atoms with E-state index in [9.17, 15) is 0 Å². The topological polar surface area (TPSA) is 76.1 Å². The van der Waals surface area contributed by atoms with E-state index in [0.29, 0.717) is 13.1 Å². The minimum Gasteiger partial charge on any atom is -1.00 e. The van der Waals surface area contributed by atoms with Crippen LogP contribution in [0.4, 0.5) is 0 Å². The fourth-order valence-electron chi connectivity index (χ4n) is 0.604. The normalized spacial score (nSPS) is 12.4. The zero-order chi connectivity index (χ0) is 7.66. The molecule has 0 saturated carbocycles. The van der Waals surface area contributed by atoms with Gasteiger partial charge < -0.3 is 73.0 Å². The van der Waals surface area contributed by atoms with Gasteiger partial charge in [0.05, 0.1) is 0 Å². The van der Waals surface area contributed by atoms with Crippen molar-refractivity contribution >= 4 is 0 Å².